The maximum atomic E-state index is 11.7. The van der Waals surface area contributed by atoms with Gasteiger partial charge in [-0.1, -0.05) is 23.7 Å². The van der Waals surface area contributed by atoms with E-state index in [2.05, 4.69) is 10.6 Å². The molecule has 1 rings (SSSR count). The van der Waals surface area contributed by atoms with Crippen molar-refractivity contribution in [3.8, 4) is 0 Å². The molecule has 1 amide bonds. The topological polar surface area (TPSA) is 41.1 Å². The van der Waals surface area contributed by atoms with Gasteiger partial charge in [-0.2, -0.15) is 0 Å². The minimum atomic E-state index is -0.192. The van der Waals surface area contributed by atoms with Crippen molar-refractivity contribution in [2.24, 2.45) is 0 Å². The third-order valence-corrected chi connectivity index (χ3v) is 2.71. The van der Waals surface area contributed by atoms with Crippen molar-refractivity contribution in [2.45, 2.75) is 39.3 Å². The highest BCUT2D eigenvalue weighted by atomic mass is 35.5. The van der Waals surface area contributed by atoms with Gasteiger partial charge in [0.1, 0.15) is 0 Å². The second kappa shape index (κ2) is 6.21. The van der Waals surface area contributed by atoms with Crippen molar-refractivity contribution in [3.05, 3.63) is 34.9 Å². The normalized spacial score (nSPS) is 13.2. The number of nitrogens with one attached hydrogen (secondary N) is 2. The molecular weight excluding hydrogens is 248 g/mol. The van der Waals surface area contributed by atoms with E-state index in [9.17, 15) is 4.79 Å². The first kappa shape index (κ1) is 15.0. The first-order valence-corrected chi connectivity index (χ1v) is 6.45. The summed E-state index contributed by atoms with van der Waals surface area (Å²) in [5, 5.41) is 6.82. The summed E-state index contributed by atoms with van der Waals surface area (Å²) in [6.07, 6.45) is 0. The average molecular weight is 269 g/mol. The maximum Gasteiger partial charge on any atom is 0.234 e. The zero-order valence-electron chi connectivity index (χ0n) is 11.4. The number of benzene rings is 1. The van der Waals surface area contributed by atoms with E-state index in [1.165, 1.54) is 0 Å². The fourth-order valence-electron chi connectivity index (χ4n) is 1.58. The Balaban J connectivity index is 2.44. The minimum absolute atomic E-state index is 0.00307. The largest absolute Gasteiger partial charge is 0.350 e. The molecule has 4 heteroatoms. The second-order valence-electron chi connectivity index (χ2n) is 5.45. The predicted octanol–water partition coefficient (Wildman–Crippen LogP) is 2.91. The standard InChI is InChI=1S/C14H21ClN2O/c1-10(11-5-7-12(15)8-6-11)16-9-13(18)17-14(2,3)4/h5-8,10,16H,9H2,1-4H3,(H,17,18)/t10-/m0/s1. The lowest BCUT2D eigenvalue weighted by atomic mass is 10.1. The van der Waals surface area contributed by atoms with Gasteiger partial charge in [0.2, 0.25) is 5.91 Å². The molecule has 0 heterocycles. The number of hydrogen-bond acceptors (Lipinski definition) is 2. The summed E-state index contributed by atoms with van der Waals surface area (Å²) in [6.45, 7) is 8.23. The summed E-state index contributed by atoms with van der Waals surface area (Å²) in [6, 6.07) is 7.74. The van der Waals surface area contributed by atoms with Gasteiger partial charge in [0.25, 0.3) is 0 Å². The summed E-state index contributed by atoms with van der Waals surface area (Å²) in [5.41, 5.74) is 0.922. The Morgan fingerprint density at radius 1 is 1.28 bits per heavy atom. The van der Waals surface area contributed by atoms with Crippen LogP contribution in [0.3, 0.4) is 0 Å². The lowest BCUT2D eigenvalue weighted by Gasteiger charge is -2.21. The van der Waals surface area contributed by atoms with Crippen LogP contribution in [0.1, 0.15) is 39.3 Å². The van der Waals surface area contributed by atoms with Crippen molar-refractivity contribution in [3.63, 3.8) is 0 Å². The Labute approximate surface area is 114 Å². The molecule has 0 aliphatic carbocycles. The molecule has 0 spiro atoms. The number of carbonyl (C=O) groups excluding carboxylic acids is 1. The van der Waals surface area contributed by atoms with Gasteiger partial charge in [-0.25, -0.2) is 0 Å². The highest BCUT2D eigenvalue weighted by Gasteiger charge is 2.14. The van der Waals surface area contributed by atoms with Gasteiger partial charge in [-0.15, -0.1) is 0 Å². The van der Waals surface area contributed by atoms with Crippen molar-refractivity contribution in [2.75, 3.05) is 6.54 Å². The lowest BCUT2D eigenvalue weighted by Crippen LogP contribution is -2.45. The van der Waals surface area contributed by atoms with E-state index in [-0.39, 0.29) is 17.5 Å². The van der Waals surface area contributed by atoms with E-state index < -0.39 is 0 Å². The van der Waals surface area contributed by atoms with Crippen LogP contribution in [0.4, 0.5) is 0 Å². The highest BCUT2D eigenvalue weighted by Crippen LogP contribution is 2.15. The van der Waals surface area contributed by atoms with Crippen molar-refractivity contribution in [1.29, 1.82) is 0 Å². The number of rotatable bonds is 4. The summed E-state index contributed by atoms with van der Waals surface area (Å²) in [4.78, 5) is 11.7. The Morgan fingerprint density at radius 2 is 1.83 bits per heavy atom. The summed E-state index contributed by atoms with van der Waals surface area (Å²) in [7, 11) is 0. The molecule has 18 heavy (non-hydrogen) atoms. The van der Waals surface area contributed by atoms with E-state index in [1.807, 2.05) is 52.0 Å². The summed E-state index contributed by atoms with van der Waals surface area (Å²) >= 11 is 5.83. The molecule has 1 atom stereocenters. The van der Waals surface area contributed by atoms with Crippen LogP contribution in [0, 0.1) is 0 Å². The predicted molar refractivity (Wildman–Crippen MR) is 75.8 cm³/mol. The number of hydrogen-bond donors (Lipinski definition) is 2. The van der Waals surface area contributed by atoms with Gasteiger partial charge < -0.3 is 10.6 Å². The lowest BCUT2D eigenvalue weighted by molar-refractivity contribution is -0.121. The first-order valence-electron chi connectivity index (χ1n) is 6.08. The number of halogens is 1. The highest BCUT2D eigenvalue weighted by molar-refractivity contribution is 6.30. The Morgan fingerprint density at radius 3 is 2.33 bits per heavy atom. The van der Waals surface area contributed by atoms with Gasteiger partial charge in [0.15, 0.2) is 0 Å². The maximum absolute atomic E-state index is 11.7. The molecule has 100 valence electrons. The zero-order valence-corrected chi connectivity index (χ0v) is 12.1. The Bertz CT molecular complexity index is 395. The third-order valence-electron chi connectivity index (χ3n) is 2.45. The molecular formula is C14H21ClN2O. The Hall–Kier alpha value is -1.06. The fourth-order valence-corrected chi connectivity index (χ4v) is 1.70. The third kappa shape index (κ3) is 5.52. The van der Waals surface area contributed by atoms with E-state index >= 15 is 0 Å². The van der Waals surface area contributed by atoms with Crippen LogP contribution in [0.2, 0.25) is 5.02 Å². The van der Waals surface area contributed by atoms with Crippen molar-refractivity contribution in [1.82, 2.24) is 10.6 Å². The quantitative estimate of drug-likeness (QED) is 0.882. The van der Waals surface area contributed by atoms with Gasteiger partial charge in [-0.3, -0.25) is 4.79 Å². The molecule has 0 aromatic heterocycles. The first-order chi connectivity index (χ1) is 8.28. The molecule has 1 aromatic carbocycles. The van der Waals surface area contributed by atoms with Crippen LogP contribution in [0.15, 0.2) is 24.3 Å². The van der Waals surface area contributed by atoms with E-state index in [0.717, 1.165) is 10.6 Å². The summed E-state index contributed by atoms with van der Waals surface area (Å²) in [5.74, 6) is 0.00307. The molecule has 0 unspecified atom stereocenters. The van der Waals surface area contributed by atoms with E-state index in [0.29, 0.717) is 6.54 Å². The molecule has 0 aliphatic rings. The van der Waals surface area contributed by atoms with Gasteiger partial charge in [0.05, 0.1) is 6.54 Å². The van der Waals surface area contributed by atoms with Crippen molar-refractivity contribution >= 4 is 17.5 Å². The van der Waals surface area contributed by atoms with Crippen LogP contribution < -0.4 is 10.6 Å². The number of carbonyl (C=O) groups is 1. The molecule has 3 nitrogen and oxygen atoms in total. The molecule has 2 N–H and O–H groups in total. The molecule has 0 aliphatic heterocycles. The van der Waals surface area contributed by atoms with Crippen LogP contribution in [0.5, 0.6) is 0 Å². The smallest absolute Gasteiger partial charge is 0.234 e. The van der Waals surface area contributed by atoms with Crippen LogP contribution in [-0.2, 0) is 4.79 Å². The number of amides is 1. The summed E-state index contributed by atoms with van der Waals surface area (Å²) < 4.78 is 0. The van der Waals surface area contributed by atoms with E-state index in [1.54, 1.807) is 0 Å². The van der Waals surface area contributed by atoms with Gasteiger partial charge in [-0.05, 0) is 45.4 Å². The van der Waals surface area contributed by atoms with E-state index in [4.69, 9.17) is 11.6 Å². The van der Waals surface area contributed by atoms with Crippen LogP contribution in [-0.4, -0.2) is 18.0 Å². The molecule has 0 bridgehead atoms. The fraction of sp³-hybridized carbons (Fsp3) is 0.500. The zero-order chi connectivity index (χ0) is 13.8. The molecule has 0 radical (unpaired) electrons. The minimum Gasteiger partial charge on any atom is -0.350 e. The molecule has 0 fully saturated rings. The van der Waals surface area contributed by atoms with Crippen molar-refractivity contribution < 1.29 is 4.79 Å². The van der Waals surface area contributed by atoms with Crippen LogP contribution >= 0.6 is 11.6 Å². The van der Waals surface area contributed by atoms with Gasteiger partial charge in [0, 0.05) is 16.6 Å². The van der Waals surface area contributed by atoms with Crippen LogP contribution in [0.25, 0.3) is 0 Å². The average Bonchev–Trinajstić information content (AvgIpc) is 2.24. The Kier molecular flexibility index (Phi) is 5.17. The molecule has 0 saturated heterocycles. The SMILES string of the molecule is C[C@H](NCC(=O)NC(C)(C)C)c1ccc(Cl)cc1. The monoisotopic (exact) mass is 268 g/mol. The molecule has 1 aromatic rings. The second-order valence-corrected chi connectivity index (χ2v) is 5.89. The molecule has 0 saturated carbocycles. The van der Waals surface area contributed by atoms with Gasteiger partial charge >= 0.3 is 0 Å².